The van der Waals surface area contributed by atoms with Crippen molar-refractivity contribution in [1.29, 1.82) is 0 Å². The van der Waals surface area contributed by atoms with Crippen molar-refractivity contribution >= 4 is 0 Å². The van der Waals surface area contributed by atoms with Gasteiger partial charge in [-0.25, -0.2) is 0 Å². The normalized spacial score (nSPS) is 23.5. The maximum atomic E-state index is 11.3. The first kappa shape index (κ1) is 17.0. The molecular formula is C21H27NO2. The van der Waals surface area contributed by atoms with Crippen LogP contribution in [0, 0.1) is 5.92 Å². The first-order valence-electron chi connectivity index (χ1n) is 8.75. The van der Waals surface area contributed by atoms with Gasteiger partial charge >= 0.3 is 0 Å². The van der Waals surface area contributed by atoms with E-state index in [1.54, 1.807) is 7.11 Å². The van der Waals surface area contributed by atoms with Crippen molar-refractivity contribution in [2.24, 2.45) is 5.92 Å². The summed E-state index contributed by atoms with van der Waals surface area (Å²) >= 11 is 0. The van der Waals surface area contributed by atoms with E-state index in [4.69, 9.17) is 4.74 Å². The van der Waals surface area contributed by atoms with Gasteiger partial charge in [0.25, 0.3) is 0 Å². The Morgan fingerprint density at radius 3 is 2.50 bits per heavy atom. The number of aliphatic hydroxyl groups is 1. The molecule has 2 aromatic rings. The lowest BCUT2D eigenvalue weighted by Gasteiger charge is -2.42. The highest BCUT2D eigenvalue weighted by molar-refractivity contribution is 5.29. The lowest BCUT2D eigenvalue weighted by atomic mass is 9.73. The Hall–Kier alpha value is -1.84. The SMILES string of the molecule is COc1ccc(C[C@H]2NCCC[C@H]2C(C)(O)c2ccccc2)cc1. The second-order valence-corrected chi connectivity index (χ2v) is 6.88. The van der Waals surface area contributed by atoms with Gasteiger partial charge in [-0.05, 0) is 56.0 Å². The zero-order chi connectivity index (χ0) is 17.0. The van der Waals surface area contributed by atoms with Crippen molar-refractivity contribution in [1.82, 2.24) is 5.32 Å². The Bertz CT molecular complexity index is 637. The highest BCUT2D eigenvalue weighted by atomic mass is 16.5. The van der Waals surface area contributed by atoms with E-state index in [0.29, 0.717) is 0 Å². The summed E-state index contributed by atoms with van der Waals surface area (Å²) in [6.45, 7) is 2.98. The molecule has 3 heteroatoms. The molecule has 128 valence electrons. The van der Waals surface area contributed by atoms with Crippen LogP contribution in [0.15, 0.2) is 54.6 Å². The van der Waals surface area contributed by atoms with Gasteiger partial charge in [0.2, 0.25) is 0 Å². The summed E-state index contributed by atoms with van der Waals surface area (Å²) in [5.41, 5.74) is 1.44. The molecule has 1 aliphatic heterocycles. The maximum absolute atomic E-state index is 11.3. The Kier molecular flexibility index (Phi) is 5.22. The van der Waals surface area contributed by atoms with Crippen LogP contribution in [0.4, 0.5) is 0 Å². The molecule has 3 nitrogen and oxygen atoms in total. The molecule has 0 bridgehead atoms. The van der Waals surface area contributed by atoms with Crippen molar-refractivity contribution < 1.29 is 9.84 Å². The molecule has 0 aromatic heterocycles. The first-order valence-corrected chi connectivity index (χ1v) is 8.75. The molecule has 0 amide bonds. The topological polar surface area (TPSA) is 41.5 Å². The molecule has 1 unspecified atom stereocenters. The number of hydrogen-bond donors (Lipinski definition) is 2. The highest BCUT2D eigenvalue weighted by Crippen LogP contribution is 2.37. The summed E-state index contributed by atoms with van der Waals surface area (Å²) in [5.74, 6) is 1.07. The molecule has 0 saturated carbocycles. The number of rotatable bonds is 5. The molecule has 24 heavy (non-hydrogen) atoms. The van der Waals surface area contributed by atoms with Gasteiger partial charge in [0.15, 0.2) is 0 Å². The van der Waals surface area contributed by atoms with Gasteiger partial charge in [-0.15, -0.1) is 0 Å². The highest BCUT2D eigenvalue weighted by Gasteiger charge is 2.40. The van der Waals surface area contributed by atoms with Crippen molar-refractivity contribution in [2.45, 2.75) is 37.8 Å². The molecule has 2 aromatic carbocycles. The minimum Gasteiger partial charge on any atom is -0.497 e. The Balaban J connectivity index is 1.80. The largest absolute Gasteiger partial charge is 0.497 e. The first-order chi connectivity index (χ1) is 11.6. The van der Waals surface area contributed by atoms with Gasteiger partial charge < -0.3 is 15.2 Å². The van der Waals surface area contributed by atoms with Crippen LogP contribution in [0.3, 0.4) is 0 Å². The van der Waals surface area contributed by atoms with E-state index in [1.165, 1.54) is 5.56 Å². The molecule has 1 fully saturated rings. The lowest BCUT2D eigenvalue weighted by Crippen LogP contribution is -2.51. The average molecular weight is 325 g/mol. The van der Waals surface area contributed by atoms with E-state index in [0.717, 1.165) is 37.1 Å². The van der Waals surface area contributed by atoms with Crippen LogP contribution in [-0.4, -0.2) is 24.8 Å². The summed E-state index contributed by atoms with van der Waals surface area (Å²) in [4.78, 5) is 0. The van der Waals surface area contributed by atoms with Gasteiger partial charge in [0, 0.05) is 12.0 Å². The number of methoxy groups -OCH3 is 1. The van der Waals surface area contributed by atoms with Crippen molar-refractivity contribution in [3.63, 3.8) is 0 Å². The van der Waals surface area contributed by atoms with Gasteiger partial charge in [0.05, 0.1) is 12.7 Å². The molecule has 2 N–H and O–H groups in total. The monoisotopic (exact) mass is 325 g/mol. The molecule has 1 saturated heterocycles. The number of ether oxygens (including phenoxy) is 1. The van der Waals surface area contributed by atoms with Gasteiger partial charge in [-0.1, -0.05) is 42.5 Å². The number of nitrogens with one attached hydrogen (secondary N) is 1. The van der Waals surface area contributed by atoms with Gasteiger partial charge in [-0.2, -0.15) is 0 Å². The fraction of sp³-hybridized carbons (Fsp3) is 0.429. The van der Waals surface area contributed by atoms with E-state index >= 15 is 0 Å². The summed E-state index contributed by atoms with van der Waals surface area (Å²) in [5, 5.41) is 14.9. The van der Waals surface area contributed by atoms with Crippen LogP contribution in [0.25, 0.3) is 0 Å². The summed E-state index contributed by atoms with van der Waals surface area (Å²) in [7, 11) is 1.69. The summed E-state index contributed by atoms with van der Waals surface area (Å²) in [6, 6.07) is 18.5. The summed E-state index contributed by atoms with van der Waals surface area (Å²) < 4.78 is 5.24. The fourth-order valence-corrected chi connectivity index (χ4v) is 3.85. The zero-order valence-electron chi connectivity index (χ0n) is 14.5. The maximum Gasteiger partial charge on any atom is 0.118 e. The predicted molar refractivity (Wildman–Crippen MR) is 97.2 cm³/mol. The Morgan fingerprint density at radius 1 is 1.12 bits per heavy atom. The minimum absolute atomic E-state index is 0.191. The van der Waals surface area contributed by atoms with E-state index in [1.807, 2.05) is 49.4 Å². The third kappa shape index (κ3) is 3.63. The second-order valence-electron chi connectivity index (χ2n) is 6.88. The van der Waals surface area contributed by atoms with Crippen LogP contribution in [0.1, 0.15) is 30.9 Å². The third-order valence-corrected chi connectivity index (χ3v) is 5.28. The molecular weight excluding hydrogens is 298 g/mol. The third-order valence-electron chi connectivity index (χ3n) is 5.28. The molecule has 0 aliphatic carbocycles. The minimum atomic E-state index is -0.828. The van der Waals surface area contributed by atoms with Crippen LogP contribution in [0.2, 0.25) is 0 Å². The van der Waals surface area contributed by atoms with E-state index < -0.39 is 5.60 Å². The summed E-state index contributed by atoms with van der Waals surface area (Å²) in [6.07, 6.45) is 3.06. The predicted octanol–water partition coefficient (Wildman–Crippen LogP) is 3.51. The van der Waals surface area contributed by atoms with Crippen molar-refractivity contribution in [3.8, 4) is 5.75 Å². The quantitative estimate of drug-likeness (QED) is 0.884. The van der Waals surface area contributed by atoms with Gasteiger partial charge in [-0.3, -0.25) is 0 Å². The van der Waals surface area contributed by atoms with E-state index in [2.05, 4.69) is 17.4 Å². The smallest absolute Gasteiger partial charge is 0.118 e. The fourth-order valence-electron chi connectivity index (χ4n) is 3.85. The molecule has 3 atom stereocenters. The lowest BCUT2D eigenvalue weighted by molar-refractivity contribution is -0.0345. The van der Waals surface area contributed by atoms with E-state index in [9.17, 15) is 5.11 Å². The van der Waals surface area contributed by atoms with Crippen LogP contribution in [-0.2, 0) is 12.0 Å². The number of piperidine rings is 1. The van der Waals surface area contributed by atoms with Crippen LogP contribution in [0.5, 0.6) is 5.75 Å². The molecule has 1 aliphatic rings. The molecule has 1 heterocycles. The van der Waals surface area contributed by atoms with Crippen molar-refractivity contribution in [2.75, 3.05) is 13.7 Å². The Labute approximate surface area is 144 Å². The second kappa shape index (κ2) is 7.37. The van der Waals surface area contributed by atoms with Gasteiger partial charge in [0.1, 0.15) is 5.75 Å². The molecule has 3 rings (SSSR count). The van der Waals surface area contributed by atoms with Crippen LogP contribution < -0.4 is 10.1 Å². The van der Waals surface area contributed by atoms with Crippen molar-refractivity contribution in [3.05, 3.63) is 65.7 Å². The average Bonchev–Trinajstić information content (AvgIpc) is 2.63. The number of benzene rings is 2. The number of hydrogen-bond acceptors (Lipinski definition) is 3. The molecule has 0 spiro atoms. The Morgan fingerprint density at radius 2 is 1.83 bits per heavy atom. The molecule has 0 radical (unpaired) electrons. The van der Waals surface area contributed by atoms with E-state index in [-0.39, 0.29) is 12.0 Å². The van der Waals surface area contributed by atoms with Crippen LogP contribution >= 0.6 is 0 Å². The zero-order valence-corrected chi connectivity index (χ0v) is 14.5. The standard InChI is InChI=1S/C21H27NO2/c1-21(23,17-7-4-3-5-8-17)19-9-6-14-22-20(19)15-16-10-12-18(24-2)13-11-16/h3-5,7-8,10-13,19-20,22-23H,6,9,14-15H2,1-2H3/t19-,20-,21?/m1/s1.